The van der Waals surface area contributed by atoms with Crippen molar-refractivity contribution in [1.82, 2.24) is 4.90 Å². The van der Waals surface area contributed by atoms with E-state index in [2.05, 4.69) is 15.9 Å². The molecule has 3 aromatic carbocycles. The quantitative estimate of drug-likeness (QED) is 0.0971. The summed E-state index contributed by atoms with van der Waals surface area (Å²) in [5.74, 6) is 0.298. The van der Waals surface area contributed by atoms with E-state index in [-0.39, 0.29) is 29.6 Å². The van der Waals surface area contributed by atoms with Crippen LogP contribution in [0.1, 0.15) is 11.1 Å². The highest BCUT2D eigenvalue weighted by Gasteiger charge is 2.40. The molecule has 13 heteroatoms. The molecule has 11 nitrogen and oxygen atoms in total. The number of nitro benzene ring substituents is 1. The first-order chi connectivity index (χ1) is 19.7. The van der Waals surface area contributed by atoms with Gasteiger partial charge in [0.25, 0.3) is 11.6 Å². The Morgan fingerprint density at radius 3 is 2.44 bits per heavy atom. The van der Waals surface area contributed by atoms with Gasteiger partial charge in [0.05, 0.1) is 36.4 Å². The minimum absolute atomic E-state index is 0.0431. The molecule has 1 aliphatic heterocycles. The number of amides is 1. The van der Waals surface area contributed by atoms with Crippen molar-refractivity contribution in [2.24, 2.45) is 0 Å². The van der Waals surface area contributed by atoms with E-state index in [0.717, 1.165) is 0 Å². The van der Waals surface area contributed by atoms with E-state index >= 15 is 0 Å². The molecule has 212 valence electrons. The number of anilines is 1. The van der Waals surface area contributed by atoms with Gasteiger partial charge >= 0.3 is 5.97 Å². The SMILES string of the molecule is COC(=O)CN1C(=S)N(c2ccc(OC)cc2)C(=O)/C1=C/c1cc(Br)c(OCc2cccc([N+](=O)[O-])c2)c(OC)c1. The monoisotopic (exact) mass is 641 g/mol. The number of halogens is 1. The summed E-state index contributed by atoms with van der Waals surface area (Å²) in [5.41, 5.74) is 1.76. The third-order valence-corrected chi connectivity index (χ3v) is 7.03. The molecule has 0 N–H and O–H groups in total. The molecule has 1 amide bonds. The molecular formula is C28H24BrN3O8S. The lowest BCUT2D eigenvalue weighted by molar-refractivity contribution is -0.384. The summed E-state index contributed by atoms with van der Waals surface area (Å²) in [5, 5.41) is 11.2. The molecular weight excluding hydrogens is 618 g/mol. The van der Waals surface area contributed by atoms with Gasteiger partial charge in [0.1, 0.15) is 24.6 Å². The van der Waals surface area contributed by atoms with Crippen LogP contribution in [-0.2, 0) is 20.9 Å². The molecule has 1 fully saturated rings. The Morgan fingerprint density at radius 2 is 1.80 bits per heavy atom. The standard InChI is InChI=1S/C28H24BrN3O8S/c1-37-21-9-7-19(8-10-21)31-27(34)23(30(28(31)41)15-25(33)39-3)13-18-12-22(29)26(24(14-18)38-2)40-16-17-5-4-6-20(11-17)32(35)36/h4-14H,15-16H2,1-3H3/b23-13-. The predicted octanol–water partition coefficient (Wildman–Crippen LogP) is 5.10. The van der Waals surface area contributed by atoms with Crippen LogP contribution in [0.2, 0.25) is 0 Å². The number of thiocarbonyl (C=S) groups is 1. The molecule has 0 spiro atoms. The van der Waals surface area contributed by atoms with Crippen LogP contribution in [0.3, 0.4) is 0 Å². The molecule has 4 rings (SSSR count). The third kappa shape index (κ3) is 6.47. The molecule has 0 atom stereocenters. The number of methoxy groups -OCH3 is 3. The van der Waals surface area contributed by atoms with Crippen molar-refractivity contribution in [2.45, 2.75) is 6.61 Å². The number of hydrogen-bond donors (Lipinski definition) is 0. The fraction of sp³-hybridized carbons (Fsp3) is 0.179. The molecule has 0 aromatic heterocycles. The number of ether oxygens (including phenoxy) is 4. The molecule has 0 radical (unpaired) electrons. The second-order valence-corrected chi connectivity index (χ2v) is 9.78. The van der Waals surface area contributed by atoms with Crippen molar-refractivity contribution >= 4 is 62.6 Å². The maximum atomic E-state index is 13.6. The summed E-state index contributed by atoms with van der Waals surface area (Å²) < 4.78 is 22.0. The molecule has 0 unspecified atom stereocenters. The Balaban J connectivity index is 1.67. The first-order valence-corrected chi connectivity index (χ1v) is 13.2. The smallest absolute Gasteiger partial charge is 0.325 e. The average molecular weight is 642 g/mol. The summed E-state index contributed by atoms with van der Waals surface area (Å²) in [4.78, 5) is 39.2. The average Bonchev–Trinajstić information content (AvgIpc) is 3.20. The zero-order valence-electron chi connectivity index (χ0n) is 22.2. The molecule has 0 saturated carbocycles. The van der Waals surface area contributed by atoms with Gasteiger partial charge in [-0.1, -0.05) is 12.1 Å². The minimum atomic E-state index is -0.578. The van der Waals surface area contributed by atoms with Crippen LogP contribution in [0.4, 0.5) is 11.4 Å². The van der Waals surface area contributed by atoms with Crippen molar-refractivity contribution in [1.29, 1.82) is 0 Å². The predicted molar refractivity (Wildman–Crippen MR) is 158 cm³/mol. The van der Waals surface area contributed by atoms with E-state index in [4.69, 9.17) is 31.2 Å². The lowest BCUT2D eigenvalue weighted by Gasteiger charge is -2.19. The first kappa shape index (κ1) is 29.5. The maximum absolute atomic E-state index is 13.6. The highest BCUT2D eigenvalue weighted by atomic mass is 79.9. The van der Waals surface area contributed by atoms with E-state index in [1.54, 1.807) is 54.6 Å². The van der Waals surface area contributed by atoms with Crippen molar-refractivity contribution in [3.8, 4) is 17.2 Å². The van der Waals surface area contributed by atoms with Gasteiger partial charge < -0.3 is 23.8 Å². The summed E-state index contributed by atoms with van der Waals surface area (Å²) in [6, 6.07) is 16.3. The molecule has 1 heterocycles. The maximum Gasteiger partial charge on any atom is 0.325 e. The first-order valence-electron chi connectivity index (χ1n) is 12.0. The summed E-state index contributed by atoms with van der Waals surface area (Å²) in [6.07, 6.45) is 1.58. The van der Waals surface area contributed by atoms with Gasteiger partial charge in [-0.05, 0) is 81.7 Å². The number of carbonyl (C=O) groups excluding carboxylic acids is 2. The normalized spacial score (nSPS) is 13.9. The molecule has 3 aromatic rings. The lowest BCUT2D eigenvalue weighted by Crippen LogP contribution is -2.35. The van der Waals surface area contributed by atoms with Crippen molar-refractivity contribution in [3.63, 3.8) is 0 Å². The number of nitro groups is 1. The highest BCUT2D eigenvalue weighted by Crippen LogP contribution is 2.39. The van der Waals surface area contributed by atoms with Gasteiger partial charge in [0.15, 0.2) is 16.6 Å². The number of non-ortho nitro benzene ring substituents is 1. The van der Waals surface area contributed by atoms with Crippen LogP contribution >= 0.6 is 28.1 Å². The van der Waals surface area contributed by atoms with Gasteiger partial charge in [-0.3, -0.25) is 24.6 Å². The Hall–Kier alpha value is -4.49. The second kappa shape index (κ2) is 12.8. The number of carbonyl (C=O) groups is 2. The van der Waals surface area contributed by atoms with E-state index in [0.29, 0.717) is 38.5 Å². The molecule has 0 aliphatic carbocycles. The third-order valence-electron chi connectivity index (χ3n) is 6.04. The van der Waals surface area contributed by atoms with Crippen LogP contribution < -0.4 is 19.1 Å². The topological polar surface area (TPSA) is 121 Å². The van der Waals surface area contributed by atoms with Crippen molar-refractivity contribution < 1.29 is 33.5 Å². The van der Waals surface area contributed by atoms with Crippen LogP contribution in [0.5, 0.6) is 17.2 Å². The van der Waals surface area contributed by atoms with Crippen LogP contribution in [0, 0.1) is 10.1 Å². The van der Waals surface area contributed by atoms with Crippen molar-refractivity contribution in [3.05, 3.63) is 92.1 Å². The molecule has 41 heavy (non-hydrogen) atoms. The van der Waals surface area contributed by atoms with E-state index in [1.807, 2.05) is 0 Å². The second-order valence-electron chi connectivity index (χ2n) is 8.56. The van der Waals surface area contributed by atoms with E-state index < -0.39 is 16.8 Å². The highest BCUT2D eigenvalue weighted by molar-refractivity contribution is 9.10. The molecule has 0 bridgehead atoms. The Labute approximate surface area is 249 Å². The number of rotatable bonds is 10. The van der Waals surface area contributed by atoms with Gasteiger partial charge in [-0.15, -0.1) is 0 Å². The number of benzene rings is 3. The lowest BCUT2D eigenvalue weighted by atomic mass is 10.1. The Morgan fingerprint density at radius 1 is 1.07 bits per heavy atom. The molecule has 1 aliphatic rings. The van der Waals surface area contributed by atoms with Crippen LogP contribution in [0.25, 0.3) is 6.08 Å². The van der Waals surface area contributed by atoms with E-state index in [9.17, 15) is 19.7 Å². The zero-order chi connectivity index (χ0) is 29.7. The summed E-state index contributed by atoms with van der Waals surface area (Å²) >= 11 is 9.09. The van der Waals surface area contributed by atoms with E-state index in [1.165, 1.54) is 43.3 Å². The summed E-state index contributed by atoms with van der Waals surface area (Å²) in [7, 11) is 4.25. The van der Waals surface area contributed by atoms with Crippen molar-refractivity contribution in [2.75, 3.05) is 32.8 Å². The number of esters is 1. The van der Waals surface area contributed by atoms with Crippen LogP contribution in [-0.4, -0.2) is 54.7 Å². The summed E-state index contributed by atoms with van der Waals surface area (Å²) in [6.45, 7) is -0.226. The van der Waals surface area contributed by atoms with Gasteiger partial charge in [0.2, 0.25) is 0 Å². The Kier molecular flexibility index (Phi) is 9.20. The van der Waals surface area contributed by atoms with Gasteiger partial charge in [0, 0.05) is 12.1 Å². The molecule has 1 saturated heterocycles. The number of nitrogens with zero attached hydrogens (tertiary/aromatic N) is 3. The zero-order valence-corrected chi connectivity index (χ0v) is 24.6. The Bertz CT molecular complexity index is 1540. The van der Waals surface area contributed by atoms with Crippen LogP contribution in [0.15, 0.2) is 70.8 Å². The fourth-order valence-electron chi connectivity index (χ4n) is 4.02. The van der Waals surface area contributed by atoms with Gasteiger partial charge in [-0.25, -0.2) is 0 Å². The number of hydrogen-bond acceptors (Lipinski definition) is 9. The minimum Gasteiger partial charge on any atom is -0.497 e. The largest absolute Gasteiger partial charge is 0.497 e. The fourth-order valence-corrected chi connectivity index (χ4v) is 4.95. The van der Waals surface area contributed by atoms with Gasteiger partial charge in [-0.2, -0.15) is 0 Å².